The van der Waals surface area contributed by atoms with Crippen molar-refractivity contribution in [3.63, 3.8) is 0 Å². The van der Waals surface area contributed by atoms with E-state index in [-0.39, 0.29) is 0 Å². The van der Waals surface area contributed by atoms with Gasteiger partial charge in [0.15, 0.2) is 5.11 Å². The molecule has 0 spiro atoms. The molecular formula is C26H33N5S. The van der Waals surface area contributed by atoms with Crippen molar-refractivity contribution in [2.75, 3.05) is 31.5 Å². The van der Waals surface area contributed by atoms with Crippen molar-refractivity contribution in [2.24, 2.45) is 0 Å². The molecule has 1 N–H and O–H groups in total. The summed E-state index contributed by atoms with van der Waals surface area (Å²) >= 11 is 5.78. The van der Waals surface area contributed by atoms with E-state index in [4.69, 9.17) is 17.3 Å². The summed E-state index contributed by atoms with van der Waals surface area (Å²) in [7, 11) is 0. The monoisotopic (exact) mass is 447 g/mol. The third-order valence-corrected chi connectivity index (χ3v) is 6.70. The maximum Gasteiger partial charge on any atom is 0.173 e. The zero-order valence-corrected chi connectivity index (χ0v) is 20.4. The quantitative estimate of drug-likeness (QED) is 0.575. The summed E-state index contributed by atoms with van der Waals surface area (Å²) in [5, 5.41) is 9.07. The fourth-order valence-electron chi connectivity index (χ4n) is 4.34. The second-order valence-electron chi connectivity index (χ2n) is 8.81. The van der Waals surface area contributed by atoms with Gasteiger partial charge in [0.05, 0.1) is 23.6 Å². The van der Waals surface area contributed by atoms with E-state index < -0.39 is 0 Å². The van der Waals surface area contributed by atoms with Crippen LogP contribution in [0.1, 0.15) is 33.6 Å². The molecule has 0 amide bonds. The van der Waals surface area contributed by atoms with Gasteiger partial charge < -0.3 is 10.2 Å². The Morgan fingerprint density at radius 1 is 0.938 bits per heavy atom. The third-order valence-electron chi connectivity index (χ3n) is 6.34. The number of aryl methyl sites for hydroxylation is 3. The zero-order chi connectivity index (χ0) is 22.7. The smallest absolute Gasteiger partial charge is 0.173 e. The van der Waals surface area contributed by atoms with Crippen molar-refractivity contribution in [3.8, 4) is 0 Å². The standard InChI is InChI=1S/C26H33N5S/c1-19-8-7-10-23(16-19)17-29-12-14-30(15-13-29)26(32)27-25-21(3)28-31(22(25)4)18-24-11-6-5-9-20(24)2/h5-11,16H,12-15,17-18H2,1-4H3,(H,27,32). The highest BCUT2D eigenvalue weighted by Crippen LogP contribution is 2.22. The van der Waals surface area contributed by atoms with Crippen LogP contribution < -0.4 is 5.32 Å². The van der Waals surface area contributed by atoms with E-state index in [0.29, 0.717) is 0 Å². The fraction of sp³-hybridized carbons (Fsp3) is 0.385. The van der Waals surface area contributed by atoms with E-state index in [1.54, 1.807) is 0 Å². The molecule has 2 heterocycles. The number of anilines is 1. The number of hydrogen-bond acceptors (Lipinski definition) is 3. The minimum Gasteiger partial charge on any atom is -0.346 e. The molecule has 0 atom stereocenters. The van der Waals surface area contributed by atoms with E-state index in [2.05, 4.69) is 89.1 Å². The van der Waals surface area contributed by atoms with Crippen LogP contribution in [0.3, 0.4) is 0 Å². The van der Waals surface area contributed by atoms with Crippen molar-refractivity contribution >= 4 is 23.0 Å². The van der Waals surface area contributed by atoms with Gasteiger partial charge in [-0.2, -0.15) is 5.10 Å². The molecule has 0 saturated carbocycles. The molecule has 6 heteroatoms. The van der Waals surface area contributed by atoms with Crippen LogP contribution in [0.4, 0.5) is 5.69 Å². The highest BCUT2D eigenvalue weighted by atomic mass is 32.1. The Balaban J connectivity index is 1.35. The molecule has 1 aliphatic rings. The van der Waals surface area contributed by atoms with Crippen LogP contribution in [-0.2, 0) is 13.1 Å². The van der Waals surface area contributed by atoms with Crippen LogP contribution in [0.15, 0.2) is 48.5 Å². The molecule has 0 unspecified atom stereocenters. The van der Waals surface area contributed by atoms with Gasteiger partial charge >= 0.3 is 0 Å². The van der Waals surface area contributed by atoms with Gasteiger partial charge in [-0.1, -0.05) is 54.1 Å². The van der Waals surface area contributed by atoms with Crippen LogP contribution in [-0.4, -0.2) is 50.9 Å². The highest BCUT2D eigenvalue weighted by Gasteiger charge is 2.21. The Kier molecular flexibility index (Phi) is 6.92. The van der Waals surface area contributed by atoms with E-state index >= 15 is 0 Å². The number of rotatable bonds is 5. The van der Waals surface area contributed by atoms with E-state index in [1.807, 2.05) is 6.92 Å². The lowest BCUT2D eigenvalue weighted by molar-refractivity contribution is 0.177. The molecule has 4 rings (SSSR count). The van der Waals surface area contributed by atoms with Crippen molar-refractivity contribution in [1.29, 1.82) is 0 Å². The number of aromatic nitrogens is 2. The van der Waals surface area contributed by atoms with Gasteiger partial charge in [0.1, 0.15) is 0 Å². The molecule has 0 aliphatic carbocycles. The number of nitrogens with one attached hydrogen (secondary N) is 1. The molecule has 32 heavy (non-hydrogen) atoms. The molecule has 1 aromatic heterocycles. The van der Waals surface area contributed by atoms with Crippen LogP contribution >= 0.6 is 12.2 Å². The van der Waals surface area contributed by atoms with E-state index in [9.17, 15) is 0 Å². The largest absolute Gasteiger partial charge is 0.346 e. The van der Waals surface area contributed by atoms with Crippen molar-refractivity contribution in [2.45, 2.75) is 40.8 Å². The van der Waals surface area contributed by atoms with Gasteiger partial charge in [0, 0.05) is 32.7 Å². The number of thiocarbonyl (C=S) groups is 1. The van der Waals surface area contributed by atoms with E-state index in [0.717, 1.165) is 61.5 Å². The maximum absolute atomic E-state index is 5.78. The highest BCUT2D eigenvalue weighted by molar-refractivity contribution is 7.80. The van der Waals surface area contributed by atoms with Crippen LogP contribution in [0.25, 0.3) is 0 Å². The fourth-order valence-corrected chi connectivity index (χ4v) is 4.63. The Labute approximate surface area is 197 Å². The molecule has 1 aliphatic heterocycles. The lowest BCUT2D eigenvalue weighted by atomic mass is 10.1. The molecule has 0 radical (unpaired) electrons. The lowest BCUT2D eigenvalue weighted by Crippen LogP contribution is -2.49. The summed E-state index contributed by atoms with van der Waals surface area (Å²) in [5.74, 6) is 0. The molecule has 5 nitrogen and oxygen atoms in total. The molecule has 1 saturated heterocycles. The summed E-state index contributed by atoms with van der Waals surface area (Å²) in [6, 6.07) is 17.3. The molecule has 0 bridgehead atoms. The van der Waals surface area contributed by atoms with Gasteiger partial charge in [-0.15, -0.1) is 0 Å². The minimum atomic E-state index is 0.769. The molecule has 2 aromatic carbocycles. The number of hydrogen-bond donors (Lipinski definition) is 1. The van der Waals surface area contributed by atoms with E-state index in [1.165, 1.54) is 22.3 Å². The van der Waals surface area contributed by atoms with Crippen LogP contribution in [0.5, 0.6) is 0 Å². The van der Waals surface area contributed by atoms with Crippen LogP contribution in [0.2, 0.25) is 0 Å². The first-order valence-electron chi connectivity index (χ1n) is 11.3. The van der Waals surface area contributed by atoms with Gasteiger partial charge in [0.2, 0.25) is 0 Å². The summed E-state index contributed by atoms with van der Waals surface area (Å²) in [6.07, 6.45) is 0. The molecule has 1 fully saturated rings. The number of piperazine rings is 1. The summed E-state index contributed by atoms with van der Waals surface area (Å²) in [6.45, 7) is 14.1. The molecule has 168 valence electrons. The second-order valence-corrected chi connectivity index (χ2v) is 9.20. The van der Waals surface area contributed by atoms with Gasteiger partial charge in [-0.3, -0.25) is 9.58 Å². The number of benzene rings is 2. The average Bonchev–Trinajstić information content (AvgIpc) is 3.03. The third kappa shape index (κ3) is 5.19. The SMILES string of the molecule is Cc1cccc(CN2CCN(C(=S)Nc3c(C)nn(Cc4ccccc4C)c3C)CC2)c1. The van der Waals surface area contributed by atoms with Crippen molar-refractivity contribution in [3.05, 3.63) is 82.2 Å². The first-order valence-corrected chi connectivity index (χ1v) is 11.7. The lowest BCUT2D eigenvalue weighted by Gasteiger charge is -2.36. The summed E-state index contributed by atoms with van der Waals surface area (Å²) in [5.41, 5.74) is 8.41. The van der Waals surface area contributed by atoms with Gasteiger partial charge in [0.25, 0.3) is 0 Å². The Morgan fingerprint density at radius 3 is 2.41 bits per heavy atom. The number of nitrogens with zero attached hydrogens (tertiary/aromatic N) is 4. The predicted octanol–water partition coefficient (Wildman–Crippen LogP) is 4.68. The first-order chi connectivity index (χ1) is 15.4. The Morgan fingerprint density at radius 2 is 1.69 bits per heavy atom. The minimum absolute atomic E-state index is 0.769. The van der Waals surface area contributed by atoms with Gasteiger partial charge in [-0.25, -0.2) is 0 Å². The van der Waals surface area contributed by atoms with Crippen molar-refractivity contribution in [1.82, 2.24) is 19.6 Å². The summed E-state index contributed by atoms with van der Waals surface area (Å²) in [4.78, 5) is 4.78. The van der Waals surface area contributed by atoms with Gasteiger partial charge in [-0.05, 0) is 56.6 Å². The Hall–Kier alpha value is -2.70. The normalized spacial score (nSPS) is 14.6. The topological polar surface area (TPSA) is 36.3 Å². The predicted molar refractivity (Wildman–Crippen MR) is 136 cm³/mol. The molecule has 3 aromatic rings. The average molecular weight is 448 g/mol. The first kappa shape index (κ1) is 22.5. The summed E-state index contributed by atoms with van der Waals surface area (Å²) < 4.78 is 2.07. The van der Waals surface area contributed by atoms with Crippen LogP contribution in [0, 0.1) is 27.7 Å². The zero-order valence-electron chi connectivity index (χ0n) is 19.6. The Bertz CT molecular complexity index is 1100. The second kappa shape index (κ2) is 9.84. The van der Waals surface area contributed by atoms with Crippen molar-refractivity contribution < 1.29 is 0 Å². The molecular weight excluding hydrogens is 414 g/mol. The maximum atomic E-state index is 5.78.